The summed E-state index contributed by atoms with van der Waals surface area (Å²) in [6.45, 7) is 12.0. The van der Waals surface area contributed by atoms with E-state index in [0.29, 0.717) is 5.41 Å². The summed E-state index contributed by atoms with van der Waals surface area (Å²) in [4.78, 5) is 0. The number of halogens is 2. The first kappa shape index (κ1) is 22.0. The zero-order valence-electron chi connectivity index (χ0n) is 12.0. The number of hydrogen-bond donors (Lipinski definition) is 0. The van der Waals surface area contributed by atoms with Crippen LogP contribution in [0.5, 0.6) is 0 Å². The normalized spacial score (nSPS) is 19.6. The van der Waals surface area contributed by atoms with E-state index in [1.807, 2.05) is 5.20 Å². The van der Waals surface area contributed by atoms with E-state index >= 15 is 0 Å². The van der Waals surface area contributed by atoms with E-state index in [9.17, 15) is 0 Å². The van der Waals surface area contributed by atoms with Crippen molar-refractivity contribution >= 4 is 28.1 Å². The van der Waals surface area contributed by atoms with E-state index in [4.69, 9.17) is 0 Å². The van der Waals surface area contributed by atoms with Gasteiger partial charge in [0, 0.05) is 0 Å². The molecule has 0 spiro atoms. The zero-order chi connectivity index (χ0) is 12.3. The maximum absolute atomic E-state index is 2.65. The van der Waals surface area contributed by atoms with Gasteiger partial charge in [0.1, 0.15) is 0 Å². The molecule has 0 fully saturated rings. The fourth-order valence-electron chi connectivity index (χ4n) is 2.41. The second-order valence-electron chi connectivity index (χ2n) is 5.71. The van der Waals surface area contributed by atoms with Gasteiger partial charge in [-0.1, -0.05) is 36.8 Å². The van der Waals surface area contributed by atoms with E-state index in [1.54, 1.807) is 28.9 Å². The smallest absolute Gasteiger partial charge is 0.0725 e. The largest absolute Gasteiger partial charge is 1.00 e. The van der Waals surface area contributed by atoms with Gasteiger partial charge in [-0.15, -0.1) is 0 Å². The van der Waals surface area contributed by atoms with Crippen LogP contribution in [0.15, 0.2) is 10.8 Å². The molecule has 101 valence electrons. The predicted octanol–water partition coefficient (Wildman–Crippen LogP) is -3.30. The second kappa shape index (κ2) is 9.62. The van der Waals surface area contributed by atoms with E-state index in [1.165, 1.54) is 19.3 Å². The zero-order valence-corrected chi connectivity index (χ0v) is 19.2. The Morgan fingerprint density at radius 2 is 1.83 bits per heavy atom. The molecule has 2 aliphatic rings. The molecule has 0 aromatic rings. The van der Waals surface area contributed by atoms with Crippen LogP contribution in [0.4, 0.5) is 0 Å². The van der Waals surface area contributed by atoms with Crippen LogP contribution in [0.25, 0.3) is 0 Å². The quantitative estimate of drug-likeness (QED) is 0.365. The van der Waals surface area contributed by atoms with Gasteiger partial charge in [-0.25, -0.2) is 0 Å². The van der Waals surface area contributed by atoms with Crippen molar-refractivity contribution in [2.75, 3.05) is 0 Å². The Morgan fingerprint density at radius 3 is 2.28 bits per heavy atom. The first-order chi connectivity index (χ1) is 7.33. The predicted molar refractivity (Wildman–Crippen MR) is 77.0 cm³/mol. The van der Waals surface area contributed by atoms with Crippen molar-refractivity contribution in [2.45, 2.75) is 52.8 Å². The molecule has 6 heteroatoms. The van der Waals surface area contributed by atoms with E-state index < -0.39 is 0 Å². The van der Waals surface area contributed by atoms with Crippen LogP contribution in [0.3, 0.4) is 0 Å². The fraction of sp³-hybridized carbons (Fsp3) is 0.750. The third-order valence-corrected chi connectivity index (χ3v) is 8.16. The van der Waals surface area contributed by atoms with Crippen molar-refractivity contribution in [3.05, 3.63) is 10.8 Å². The van der Waals surface area contributed by atoms with Gasteiger partial charge in [-0.3, -0.25) is 0 Å². The minimum Gasteiger partial charge on any atom is -1.00 e. The minimum atomic E-state index is -0.0239. The number of allylic oxidation sites excluding steroid dienone is 2. The van der Waals surface area contributed by atoms with Crippen molar-refractivity contribution in [1.82, 2.24) is 0 Å². The Bertz CT molecular complexity index is 358. The maximum atomic E-state index is 2.65. The Kier molecular flexibility index (Phi) is 11.8. The third-order valence-electron chi connectivity index (χ3n) is 3.10. The standard InChI is InChI=1S/C10H17Si2.C2H6Si.2ClH.Zr/c1-10(2)6-4-5-9-8(10)7-12(3)11-9;1-3-2;;;/h7,11H,4-6H2,1-3H3;1-2H3;2*1H;/q;;;;+2/p-2. The molecule has 1 radical (unpaired) electrons. The molecule has 0 amide bonds. The van der Waals surface area contributed by atoms with Gasteiger partial charge in [0.25, 0.3) is 0 Å². The molecule has 18 heavy (non-hydrogen) atoms. The van der Waals surface area contributed by atoms with Crippen molar-refractivity contribution in [3.8, 4) is 0 Å². The molecule has 0 nitrogen and oxygen atoms in total. The molecule has 0 saturated carbocycles. The molecule has 1 aliphatic carbocycles. The summed E-state index contributed by atoms with van der Waals surface area (Å²) in [6.07, 6.45) is 4.30. The molecule has 1 aliphatic heterocycles. The Labute approximate surface area is 144 Å². The van der Waals surface area contributed by atoms with Gasteiger partial charge in [-0.05, 0) is 32.6 Å². The monoisotopic (exact) mass is 411 g/mol. The van der Waals surface area contributed by atoms with Crippen LogP contribution in [-0.4, -0.2) is 28.1 Å². The SMILES string of the molecule is C[Si](C)=[Zr+2].C[Si]1=CC2=C(CCCC2(C)C)[SiH]1.[Cl-].[Cl-]. The average molecular weight is 414 g/mol. The Hall–Kier alpha value is 1.72. The fourth-order valence-corrected chi connectivity index (χ4v) is 8.51. The van der Waals surface area contributed by atoms with Gasteiger partial charge in [0.2, 0.25) is 0 Å². The van der Waals surface area contributed by atoms with Crippen LogP contribution in [-0.2, 0) is 23.3 Å². The molecule has 0 bridgehead atoms. The molecular formula is C12H23Cl2Si3Zr. The van der Waals surface area contributed by atoms with Crippen molar-refractivity contribution in [3.63, 3.8) is 0 Å². The average Bonchev–Trinajstić information content (AvgIpc) is 2.45. The Morgan fingerprint density at radius 1 is 1.33 bits per heavy atom. The summed E-state index contributed by atoms with van der Waals surface area (Å²) in [5, 5.41) is 1.89. The summed E-state index contributed by atoms with van der Waals surface area (Å²) in [5.41, 5.74) is 5.17. The van der Waals surface area contributed by atoms with E-state index in [-0.39, 0.29) is 38.2 Å². The van der Waals surface area contributed by atoms with E-state index in [0.717, 1.165) is 9.04 Å². The summed E-state index contributed by atoms with van der Waals surface area (Å²) in [7, 11) is 0.694. The molecule has 0 aromatic heterocycles. The summed E-state index contributed by atoms with van der Waals surface area (Å²) < 4.78 is 0. The van der Waals surface area contributed by atoms with Crippen LogP contribution < -0.4 is 24.8 Å². The van der Waals surface area contributed by atoms with Crippen molar-refractivity contribution in [2.24, 2.45) is 5.41 Å². The first-order valence-electron chi connectivity index (χ1n) is 6.11. The molecule has 0 N–H and O–H groups in total. The Balaban J connectivity index is 0. The number of hydrogen-bond acceptors (Lipinski definition) is 0. The van der Waals surface area contributed by atoms with Crippen molar-refractivity contribution in [1.29, 1.82) is 0 Å². The first-order valence-corrected chi connectivity index (χ1v) is 16.8. The molecule has 0 saturated heterocycles. The van der Waals surface area contributed by atoms with Gasteiger partial charge >= 0.3 is 41.9 Å². The summed E-state index contributed by atoms with van der Waals surface area (Å²) >= 11 is 1.74. The minimum absolute atomic E-state index is 0. The summed E-state index contributed by atoms with van der Waals surface area (Å²) in [5.74, 6) is 0. The number of rotatable bonds is 0. The van der Waals surface area contributed by atoms with Crippen LogP contribution >= 0.6 is 0 Å². The van der Waals surface area contributed by atoms with Gasteiger partial charge < -0.3 is 24.8 Å². The van der Waals surface area contributed by atoms with E-state index in [2.05, 4.69) is 39.2 Å². The molecule has 0 aromatic carbocycles. The molecule has 0 atom stereocenters. The molecule has 0 unspecified atom stereocenters. The van der Waals surface area contributed by atoms with Crippen LogP contribution in [0.1, 0.15) is 33.1 Å². The van der Waals surface area contributed by atoms with Crippen LogP contribution in [0, 0.1) is 5.41 Å². The molecule has 2 rings (SSSR count). The molecular weight excluding hydrogens is 391 g/mol. The topological polar surface area (TPSA) is 0 Å². The third kappa shape index (κ3) is 6.94. The van der Waals surface area contributed by atoms with Crippen LogP contribution in [0.2, 0.25) is 19.6 Å². The van der Waals surface area contributed by atoms with Crippen molar-refractivity contribution < 1.29 is 48.1 Å². The summed E-state index contributed by atoms with van der Waals surface area (Å²) in [6, 6.07) is 0. The molecule has 1 heterocycles. The van der Waals surface area contributed by atoms with Gasteiger partial charge in [0.15, 0.2) is 0 Å². The van der Waals surface area contributed by atoms with Gasteiger partial charge in [0.05, 0.1) is 9.04 Å². The second-order valence-corrected chi connectivity index (χ2v) is 21.4. The van der Waals surface area contributed by atoms with Gasteiger partial charge in [-0.2, -0.15) is 0 Å². The maximum Gasteiger partial charge on any atom is 0.0725 e.